The van der Waals surface area contributed by atoms with E-state index in [-0.39, 0.29) is 17.6 Å². The maximum atomic E-state index is 12.7. The second kappa shape index (κ2) is 8.28. The molecule has 0 spiro atoms. The molecular weight excluding hydrogens is 384 g/mol. The Bertz CT molecular complexity index is 1100. The molecule has 0 saturated carbocycles. The third-order valence-corrected chi connectivity index (χ3v) is 5.06. The third kappa shape index (κ3) is 4.12. The van der Waals surface area contributed by atoms with E-state index in [2.05, 4.69) is 10.1 Å². The van der Waals surface area contributed by atoms with Crippen molar-refractivity contribution in [3.8, 4) is 11.4 Å². The SMILES string of the molecule is Cc1cccc(-c2noc(C3CCCN3C(=O)C=Cc3ccc([N+](=O)[O-])cc3)n2)c1. The predicted octanol–water partition coefficient (Wildman–Crippen LogP) is 4.33. The van der Waals surface area contributed by atoms with E-state index in [1.807, 2.05) is 31.2 Å². The average molecular weight is 404 g/mol. The van der Waals surface area contributed by atoms with Gasteiger partial charge in [-0.2, -0.15) is 4.98 Å². The first-order chi connectivity index (χ1) is 14.5. The highest BCUT2D eigenvalue weighted by Gasteiger charge is 2.33. The monoisotopic (exact) mass is 404 g/mol. The number of nitro benzene ring substituents is 1. The van der Waals surface area contributed by atoms with Crippen molar-refractivity contribution in [1.29, 1.82) is 0 Å². The van der Waals surface area contributed by atoms with Gasteiger partial charge in [-0.25, -0.2) is 0 Å². The molecule has 1 atom stereocenters. The summed E-state index contributed by atoms with van der Waals surface area (Å²) in [4.78, 5) is 29.3. The fraction of sp³-hybridized carbons (Fsp3) is 0.227. The number of carbonyl (C=O) groups excluding carboxylic acids is 1. The Morgan fingerprint density at radius 2 is 2.07 bits per heavy atom. The molecule has 8 nitrogen and oxygen atoms in total. The van der Waals surface area contributed by atoms with E-state index in [9.17, 15) is 14.9 Å². The summed E-state index contributed by atoms with van der Waals surface area (Å²) in [5, 5.41) is 14.8. The molecule has 1 aromatic heterocycles. The van der Waals surface area contributed by atoms with E-state index in [0.29, 0.717) is 23.8 Å². The van der Waals surface area contributed by atoms with Crippen LogP contribution in [0, 0.1) is 17.0 Å². The topological polar surface area (TPSA) is 102 Å². The van der Waals surface area contributed by atoms with Crippen molar-refractivity contribution in [2.24, 2.45) is 0 Å². The molecule has 1 aliphatic heterocycles. The minimum absolute atomic E-state index is 0.0129. The van der Waals surface area contributed by atoms with Gasteiger partial charge in [-0.1, -0.05) is 28.9 Å². The molecular formula is C22H20N4O4. The van der Waals surface area contributed by atoms with Gasteiger partial charge in [0.05, 0.1) is 4.92 Å². The van der Waals surface area contributed by atoms with Crippen LogP contribution < -0.4 is 0 Å². The molecule has 8 heteroatoms. The van der Waals surface area contributed by atoms with Gasteiger partial charge in [0, 0.05) is 30.3 Å². The van der Waals surface area contributed by atoms with Gasteiger partial charge in [0.1, 0.15) is 6.04 Å². The number of hydrogen-bond donors (Lipinski definition) is 0. The van der Waals surface area contributed by atoms with Crippen molar-refractivity contribution in [3.05, 3.63) is 81.7 Å². The molecule has 1 saturated heterocycles. The molecule has 0 radical (unpaired) electrons. The van der Waals surface area contributed by atoms with Crippen molar-refractivity contribution in [1.82, 2.24) is 15.0 Å². The lowest BCUT2D eigenvalue weighted by molar-refractivity contribution is -0.384. The first kappa shape index (κ1) is 19.5. The Balaban J connectivity index is 1.48. The predicted molar refractivity (Wildman–Crippen MR) is 110 cm³/mol. The van der Waals surface area contributed by atoms with E-state index in [1.54, 1.807) is 23.1 Å². The Kier molecular flexibility index (Phi) is 5.38. The smallest absolute Gasteiger partial charge is 0.269 e. The zero-order valence-corrected chi connectivity index (χ0v) is 16.4. The highest BCUT2D eigenvalue weighted by atomic mass is 16.6. The standard InChI is InChI=1S/C22H20N4O4/c1-15-4-2-5-17(14-15)21-23-22(30-24-21)19-6-3-13-25(19)20(27)12-9-16-7-10-18(11-8-16)26(28)29/h2,4-5,7-12,14,19H,3,6,13H2,1H3. The first-order valence-electron chi connectivity index (χ1n) is 9.65. The Hall–Kier alpha value is -3.81. The van der Waals surface area contributed by atoms with Crippen LogP contribution in [-0.4, -0.2) is 32.4 Å². The van der Waals surface area contributed by atoms with E-state index < -0.39 is 4.92 Å². The van der Waals surface area contributed by atoms with Gasteiger partial charge in [0.15, 0.2) is 0 Å². The van der Waals surface area contributed by atoms with Crippen LogP contribution in [0.2, 0.25) is 0 Å². The number of benzene rings is 2. The van der Waals surface area contributed by atoms with Gasteiger partial charge in [-0.05, 0) is 49.6 Å². The molecule has 1 aliphatic rings. The van der Waals surface area contributed by atoms with E-state index in [1.165, 1.54) is 18.2 Å². The molecule has 1 fully saturated rings. The average Bonchev–Trinajstić information content (AvgIpc) is 3.41. The number of carbonyl (C=O) groups is 1. The molecule has 0 aliphatic carbocycles. The molecule has 0 N–H and O–H groups in total. The Morgan fingerprint density at radius 3 is 2.80 bits per heavy atom. The summed E-state index contributed by atoms with van der Waals surface area (Å²) in [5.74, 6) is 0.779. The van der Waals surface area contributed by atoms with Crippen LogP contribution in [-0.2, 0) is 4.79 Å². The number of aromatic nitrogens is 2. The molecule has 2 heterocycles. The lowest BCUT2D eigenvalue weighted by Crippen LogP contribution is -2.29. The minimum Gasteiger partial charge on any atom is -0.337 e. The largest absolute Gasteiger partial charge is 0.337 e. The number of rotatable bonds is 5. The highest BCUT2D eigenvalue weighted by molar-refractivity contribution is 5.92. The molecule has 0 bridgehead atoms. The summed E-state index contributed by atoms with van der Waals surface area (Å²) in [7, 11) is 0. The summed E-state index contributed by atoms with van der Waals surface area (Å²) in [6, 6.07) is 13.6. The van der Waals surface area contributed by atoms with E-state index in [4.69, 9.17) is 4.52 Å². The maximum Gasteiger partial charge on any atom is 0.269 e. The van der Waals surface area contributed by atoms with Crippen molar-refractivity contribution in [2.75, 3.05) is 6.54 Å². The second-order valence-corrected chi connectivity index (χ2v) is 7.20. The lowest BCUT2D eigenvalue weighted by atomic mass is 10.1. The quantitative estimate of drug-likeness (QED) is 0.356. The summed E-state index contributed by atoms with van der Waals surface area (Å²) < 4.78 is 5.48. The molecule has 2 aromatic carbocycles. The zero-order chi connectivity index (χ0) is 21.1. The number of nitro groups is 1. The molecule has 1 unspecified atom stereocenters. The van der Waals surface area contributed by atoms with Crippen LogP contribution in [0.4, 0.5) is 5.69 Å². The van der Waals surface area contributed by atoms with Crippen molar-refractivity contribution < 1.29 is 14.2 Å². The number of likely N-dealkylation sites (tertiary alicyclic amines) is 1. The lowest BCUT2D eigenvalue weighted by Gasteiger charge is -2.20. The van der Waals surface area contributed by atoms with Gasteiger partial charge < -0.3 is 9.42 Å². The number of nitrogens with zero attached hydrogens (tertiary/aromatic N) is 4. The van der Waals surface area contributed by atoms with Crippen molar-refractivity contribution >= 4 is 17.7 Å². The number of amides is 1. The summed E-state index contributed by atoms with van der Waals surface area (Å²) in [6.07, 6.45) is 4.72. The van der Waals surface area contributed by atoms with Crippen LogP contribution in [0.1, 0.15) is 35.9 Å². The zero-order valence-electron chi connectivity index (χ0n) is 16.4. The van der Waals surface area contributed by atoms with Crippen LogP contribution in [0.25, 0.3) is 17.5 Å². The molecule has 3 aromatic rings. The number of non-ortho nitro benzene ring substituents is 1. The van der Waals surface area contributed by atoms with Crippen molar-refractivity contribution in [3.63, 3.8) is 0 Å². The van der Waals surface area contributed by atoms with Crippen LogP contribution in [0.3, 0.4) is 0 Å². The Morgan fingerprint density at radius 1 is 1.27 bits per heavy atom. The number of aryl methyl sites for hydroxylation is 1. The summed E-state index contributed by atoms with van der Waals surface area (Å²) >= 11 is 0. The summed E-state index contributed by atoms with van der Waals surface area (Å²) in [5.41, 5.74) is 2.70. The highest BCUT2D eigenvalue weighted by Crippen LogP contribution is 2.32. The fourth-order valence-electron chi connectivity index (χ4n) is 3.53. The second-order valence-electron chi connectivity index (χ2n) is 7.20. The van der Waals surface area contributed by atoms with Gasteiger partial charge in [0.25, 0.3) is 5.69 Å². The third-order valence-electron chi connectivity index (χ3n) is 5.06. The molecule has 152 valence electrons. The normalized spacial score (nSPS) is 16.3. The first-order valence-corrected chi connectivity index (χ1v) is 9.65. The molecule has 4 rings (SSSR count). The van der Waals surface area contributed by atoms with Gasteiger partial charge in [-0.3, -0.25) is 14.9 Å². The van der Waals surface area contributed by atoms with Gasteiger partial charge in [0.2, 0.25) is 17.6 Å². The summed E-state index contributed by atoms with van der Waals surface area (Å²) in [6.45, 7) is 2.61. The molecule has 30 heavy (non-hydrogen) atoms. The number of hydrogen-bond acceptors (Lipinski definition) is 6. The van der Waals surface area contributed by atoms with E-state index in [0.717, 1.165) is 24.0 Å². The van der Waals surface area contributed by atoms with Gasteiger partial charge in [-0.15, -0.1) is 0 Å². The maximum absolute atomic E-state index is 12.7. The van der Waals surface area contributed by atoms with Crippen molar-refractivity contribution in [2.45, 2.75) is 25.8 Å². The van der Waals surface area contributed by atoms with Crippen LogP contribution >= 0.6 is 0 Å². The Labute approximate surface area is 173 Å². The van der Waals surface area contributed by atoms with Gasteiger partial charge >= 0.3 is 0 Å². The van der Waals surface area contributed by atoms with Crippen LogP contribution in [0.15, 0.2) is 59.1 Å². The van der Waals surface area contributed by atoms with Crippen LogP contribution in [0.5, 0.6) is 0 Å². The molecule has 1 amide bonds. The minimum atomic E-state index is -0.455. The van der Waals surface area contributed by atoms with E-state index >= 15 is 0 Å². The fourth-order valence-corrected chi connectivity index (χ4v) is 3.53.